The summed E-state index contributed by atoms with van der Waals surface area (Å²) in [5.41, 5.74) is 6.32. The summed E-state index contributed by atoms with van der Waals surface area (Å²) >= 11 is 0. The van der Waals surface area contributed by atoms with E-state index in [0.717, 1.165) is 10.9 Å². The van der Waals surface area contributed by atoms with Gasteiger partial charge in [0.25, 0.3) is 0 Å². The highest BCUT2D eigenvalue weighted by Gasteiger charge is 2.10. The molecule has 3 rings (SSSR count). The molecule has 0 saturated heterocycles. The monoisotopic (exact) mass is 325 g/mol. The Morgan fingerprint density at radius 1 is 1.21 bits per heavy atom. The molecule has 0 bridgehead atoms. The minimum atomic E-state index is -0.585. The largest absolute Gasteiger partial charge is 0.433 e. The minimum absolute atomic E-state index is 0.306. The van der Waals surface area contributed by atoms with Crippen molar-refractivity contribution < 1.29 is 9.34 Å². The molecule has 1 aromatic carbocycles. The van der Waals surface area contributed by atoms with Crippen LogP contribution in [0.25, 0.3) is 23.1 Å². The van der Waals surface area contributed by atoms with E-state index >= 15 is 0 Å². The minimum Gasteiger partial charge on any atom is -0.401 e. The zero-order chi connectivity index (χ0) is 16.9. The lowest BCUT2D eigenvalue weighted by Crippen LogP contribution is -2.14. The van der Waals surface area contributed by atoms with E-state index in [9.17, 15) is 10.1 Å². The molecule has 122 valence electrons. The Kier molecular flexibility index (Phi) is 4.48. The molecule has 0 aliphatic rings. The highest BCUT2D eigenvalue weighted by atomic mass is 16.6. The number of furan rings is 1. The van der Waals surface area contributed by atoms with E-state index in [1.807, 2.05) is 24.3 Å². The van der Waals surface area contributed by atoms with Gasteiger partial charge in [0.05, 0.1) is 11.6 Å². The Hall–Kier alpha value is -3.26. The van der Waals surface area contributed by atoms with Crippen LogP contribution in [0.4, 0.5) is 11.7 Å². The van der Waals surface area contributed by atoms with Gasteiger partial charge in [0, 0.05) is 18.5 Å². The highest BCUT2D eigenvalue weighted by Crippen LogP contribution is 2.21. The molecule has 24 heavy (non-hydrogen) atoms. The summed E-state index contributed by atoms with van der Waals surface area (Å²) in [6, 6.07) is 10.4. The van der Waals surface area contributed by atoms with Crippen LogP contribution in [0.5, 0.6) is 0 Å². The van der Waals surface area contributed by atoms with Crippen molar-refractivity contribution in [1.29, 1.82) is 0 Å². The Labute approximate surface area is 137 Å². The predicted octanol–water partition coefficient (Wildman–Crippen LogP) is 2.67. The van der Waals surface area contributed by atoms with E-state index in [2.05, 4.69) is 15.3 Å². The molecule has 8 heteroatoms. The van der Waals surface area contributed by atoms with Crippen LogP contribution in [0.15, 0.2) is 40.8 Å². The summed E-state index contributed by atoms with van der Waals surface area (Å²) < 4.78 is 5.08. The molecule has 2 heterocycles. The number of aromatic nitrogens is 2. The summed E-state index contributed by atoms with van der Waals surface area (Å²) in [7, 11) is 0. The maximum Gasteiger partial charge on any atom is 0.433 e. The molecule has 0 fully saturated rings. The average Bonchev–Trinajstić information content (AvgIpc) is 3.07. The molecule has 2 aromatic heterocycles. The highest BCUT2D eigenvalue weighted by molar-refractivity contribution is 5.89. The third-order valence-electron chi connectivity index (χ3n) is 3.25. The van der Waals surface area contributed by atoms with E-state index in [4.69, 9.17) is 10.2 Å². The van der Waals surface area contributed by atoms with Gasteiger partial charge >= 0.3 is 5.88 Å². The van der Waals surface area contributed by atoms with Crippen molar-refractivity contribution in [1.82, 2.24) is 9.97 Å². The van der Waals surface area contributed by atoms with Gasteiger partial charge in [-0.15, -0.1) is 0 Å². The van der Waals surface area contributed by atoms with Gasteiger partial charge in [0.15, 0.2) is 5.82 Å². The van der Waals surface area contributed by atoms with E-state index in [-0.39, 0.29) is 5.88 Å². The number of rotatable bonds is 6. The van der Waals surface area contributed by atoms with Crippen molar-refractivity contribution in [2.24, 2.45) is 5.73 Å². The molecule has 0 radical (unpaired) electrons. The molecule has 3 N–H and O–H groups in total. The molecular formula is C16H15N5O3. The molecule has 8 nitrogen and oxygen atoms in total. The number of benzene rings is 1. The van der Waals surface area contributed by atoms with E-state index in [0.29, 0.717) is 30.5 Å². The number of nitrogens with one attached hydrogen (secondary N) is 1. The summed E-state index contributed by atoms with van der Waals surface area (Å²) in [5.74, 6) is 1.21. The molecule has 0 saturated carbocycles. The number of para-hydroxylation sites is 1. The van der Waals surface area contributed by atoms with Gasteiger partial charge in [0.2, 0.25) is 0 Å². The third kappa shape index (κ3) is 3.39. The fourth-order valence-corrected chi connectivity index (χ4v) is 2.18. The quantitative estimate of drug-likeness (QED) is 0.528. The number of anilines is 1. The van der Waals surface area contributed by atoms with Gasteiger partial charge < -0.3 is 15.5 Å². The van der Waals surface area contributed by atoms with Crippen molar-refractivity contribution in [2.45, 2.75) is 0 Å². The Bertz CT molecular complexity index is 904. The fraction of sp³-hybridized carbons (Fsp3) is 0.125. The van der Waals surface area contributed by atoms with Gasteiger partial charge in [-0.3, -0.25) is 10.1 Å². The zero-order valence-electron chi connectivity index (χ0n) is 12.7. The SMILES string of the molecule is NCCNc1nc(/C=C/c2ccc([N+](=O)[O-])o2)nc2ccccc12. The van der Waals surface area contributed by atoms with Crippen molar-refractivity contribution in [3.8, 4) is 0 Å². The lowest BCUT2D eigenvalue weighted by Gasteiger charge is -2.08. The van der Waals surface area contributed by atoms with Crippen LogP contribution >= 0.6 is 0 Å². The van der Waals surface area contributed by atoms with Crippen LogP contribution in [0.3, 0.4) is 0 Å². The van der Waals surface area contributed by atoms with Crippen LogP contribution in [0.1, 0.15) is 11.6 Å². The summed E-state index contributed by atoms with van der Waals surface area (Å²) in [4.78, 5) is 19.0. The van der Waals surface area contributed by atoms with Gasteiger partial charge in [-0.2, -0.15) is 0 Å². The normalized spacial score (nSPS) is 11.2. The number of nitro groups is 1. The molecular weight excluding hydrogens is 310 g/mol. The van der Waals surface area contributed by atoms with Crippen LogP contribution in [-0.2, 0) is 0 Å². The first-order chi connectivity index (χ1) is 11.7. The van der Waals surface area contributed by atoms with Gasteiger partial charge in [0.1, 0.15) is 16.5 Å². The molecule has 3 aromatic rings. The van der Waals surface area contributed by atoms with E-state index in [1.165, 1.54) is 12.1 Å². The van der Waals surface area contributed by atoms with Crippen LogP contribution in [0.2, 0.25) is 0 Å². The van der Waals surface area contributed by atoms with Gasteiger partial charge in [-0.25, -0.2) is 9.97 Å². The second kappa shape index (κ2) is 6.88. The summed E-state index contributed by atoms with van der Waals surface area (Å²) in [5, 5.41) is 14.7. The Morgan fingerprint density at radius 2 is 2.04 bits per heavy atom. The number of hydrogen-bond donors (Lipinski definition) is 2. The number of hydrogen-bond acceptors (Lipinski definition) is 7. The maximum atomic E-state index is 10.6. The maximum absolute atomic E-state index is 10.6. The van der Waals surface area contributed by atoms with Crippen LogP contribution < -0.4 is 11.1 Å². The van der Waals surface area contributed by atoms with Gasteiger partial charge in [-0.1, -0.05) is 12.1 Å². The summed E-state index contributed by atoms with van der Waals surface area (Å²) in [6.07, 6.45) is 3.23. The standard InChI is InChI=1S/C16H15N5O3/c17-9-10-18-16-12-3-1-2-4-13(12)19-14(20-16)7-5-11-6-8-15(24-11)21(22)23/h1-8H,9-10,17H2,(H,18,19,20)/b7-5+. The lowest BCUT2D eigenvalue weighted by molar-refractivity contribution is -0.402. The second-order valence-electron chi connectivity index (χ2n) is 4.93. The van der Waals surface area contributed by atoms with Crippen molar-refractivity contribution in [3.63, 3.8) is 0 Å². The Balaban J connectivity index is 1.93. The molecule has 0 aliphatic carbocycles. The smallest absolute Gasteiger partial charge is 0.401 e. The topological polar surface area (TPSA) is 120 Å². The predicted molar refractivity (Wildman–Crippen MR) is 91.4 cm³/mol. The van der Waals surface area contributed by atoms with Crippen LogP contribution in [0, 0.1) is 10.1 Å². The number of nitrogens with zero attached hydrogens (tertiary/aromatic N) is 3. The van der Waals surface area contributed by atoms with Crippen molar-refractivity contribution in [3.05, 3.63) is 58.1 Å². The fourth-order valence-electron chi connectivity index (χ4n) is 2.18. The molecule has 0 aliphatic heterocycles. The number of fused-ring (bicyclic) bond motifs is 1. The molecule has 0 spiro atoms. The molecule has 0 amide bonds. The Morgan fingerprint density at radius 3 is 2.79 bits per heavy atom. The lowest BCUT2D eigenvalue weighted by atomic mass is 10.2. The first-order valence-electron chi connectivity index (χ1n) is 7.30. The van der Waals surface area contributed by atoms with Crippen LogP contribution in [-0.4, -0.2) is 28.0 Å². The number of nitrogens with two attached hydrogens (primary N) is 1. The van der Waals surface area contributed by atoms with Gasteiger partial charge in [-0.05, 0) is 30.4 Å². The van der Waals surface area contributed by atoms with E-state index in [1.54, 1.807) is 12.2 Å². The second-order valence-corrected chi connectivity index (χ2v) is 4.93. The van der Waals surface area contributed by atoms with Crippen molar-refractivity contribution >= 4 is 34.8 Å². The van der Waals surface area contributed by atoms with Crippen molar-refractivity contribution in [2.75, 3.05) is 18.4 Å². The molecule has 0 atom stereocenters. The first-order valence-corrected chi connectivity index (χ1v) is 7.30. The summed E-state index contributed by atoms with van der Waals surface area (Å²) in [6.45, 7) is 1.08. The molecule has 0 unspecified atom stereocenters. The van der Waals surface area contributed by atoms with E-state index < -0.39 is 4.92 Å². The zero-order valence-corrected chi connectivity index (χ0v) is 12.7. The average molecular weight is 325 g/mol. The third-order valence-corrected chi connectivity index (χ3v) is 3.25. The first kappa shape index (κ1) is 15.6.